The maximum Gasteiger partial charge on any atom is 0.253 e. The van der Waals surface area contributed by atoms with E-state index in [2.05, 4.69) is 43.2 Å². The van der Waals surface area contributed by atoms with E-state index in [1.165, 1.54) is 0 Å². The molecular weight excluding hydrogens is 378 g/mol. The van der Waals surface area contributed by atoms with Crippen molar-refractivity contribution in [2.45, 2.75) is 0 Å². The Morgan fingerprint density at radius 1 is 1.13 bits per heavy atom. The van der Waals surface area contributed by atoms with Crippen LogP contribution in [0.2, 0.25) is 0 Å². The summed E-state index contributed by atoms with van der Waals surface area (Å²) in [6, 6.07) is 9.85. The molecule has 1 aromatic carbocycles. The van der Waals surface area contributed by atoms with Gasteiger partial charge in [-0.1, -0.05) is 12.1 Å². The first-order chi connectivity index (χ1) is 14.5. The molecule has 30 heavy (non-hydrogen) atoms. The number of H-pyrrole nitrogens is 1. The molecule has 2 N–H and O–H groups in total. The van der Waals surface area contributed by atoms with Gasteiger partial charge in [0, 0.05) is 50.5 Å². The average molecular weight is 408 g/mol. The van der Waals surface area contributed by atoms with E-state index in [9.17, 15) is 4.79 Å². The molecule has 3 heterocycles. The summed E-state index contributed by atoms with van der Waals surface area (Å²) in [5.74, 6) is 0.927. The fourth-order valence-corrected chi connectivity index (χ4v) is 3.62. The van der Waals surface area contributed by atoms with Gasteiger partial charge >= 0.3 is 0 Å². The normalized spacial score (nSPS) is 15.1. The van der Waals surface area contributed by atoms with Crippen LogP contribution in [-0.2, 0) is 0 Å². The van der Waals surface area contributed by atoms with Crippen molar-refractivity contribution in [1.82, 2.24) is 29.7 Å². The van der Waals surface area contributed by atoms with E-state index in [1.54, 1.807) is 6.33 Å². The van der Waals surface area contributed by atoms with Gasteiger partial charge in [0.1, 0.15) is 17.8 Å². The van der Waals surface area contributed by atoms with Gasteiger partial charge in [-0.3, -0.25) is 4.79 Å². The van der Waals surface area contributed by atoms with Gasteiger partial charge in [-0.05, 0) is 44.9 Å². The molecule has 1 saturated heterocycles. The van der Waals surface area contributed by atoms with Gasteiger partial charge in [-0.25, -0.2) is 9.97 Å². The Balaban J connectivity index is 1.50. The summed E-state index contributed by atoms with van der Waals surface area (Å²) in [5.41, 5.74) is 3.50. The molecule has 3 aromatic rings. The molecule has 0 radical (unpaired) electrons. The zero-order valence-corrected chi connectivity index (χ0v) is 17.9. The molecule has 1 aliphatic heterocycles. The summed E-state index contributed by atoms with van der Waals surface area (Å²) in [6.07, 6.45) is 1.57. The number of carbonyl (C=O) groups is 1. The van der Waals surface area contributed by atoms with Gasteiger partial charge in [-0.15, -0.1) is 0 Å². The molecule has 0 spiro atoms. The highest BCUT2D eigenvalue weighted by Crippen LogP contribution is 2.27. The van der Waals surface area contributed by atoms with Gasteiger partial charge in [0.05, 0.1) is 5.39 Å². The van der Waals surface area contributed by atoms with Crippen molar-refractivity contribution in [3.8, 4) is 11.3 Å². The number of rotatable bonds is 6. The van der Waals surface area contributed by atoms with E-state index in [4.69, 9.17) is 0 Å². The number of carbonyl (C=O) groups excluding carboxylic acids is 1. The SMILES string of the molecule is CN(C)CCNc1ncnc2[nH]c(-c3ccc(C(=O)N4CCN(C)CC4)cc3)cc12. The van der Waals surface area contributed by atoms with Crippen LogP contribution < -0.4 is 5.32 Å². The van der Waals surface area contributed by atoms with Crippen molar-refractivity contribution in [3.05, 3.63) is 42.2 Å². The summed E-state index contributed by atoms with van der Waals surface area (Å²) in [6.45, 7) is 5.13. The first-order valence-electron chi connectivity index (χ1n) is 10.3. The zero-order chi connectivity index (χ0) is 21.1. The molecule has 1 fully saturated rings. The number of piperazine rings is 1. The number of amides is 1. The number of nitrogens with one attached hydrogen (secondary N) is 2. The van der Waals surface area contributed by atoms with Crippen LogP contribution in [0.3, 0.4) is 0 Å². The zero-order valence-electron chi connectivity index (χ0n) is 17.9. The van der Waals surface area contributed by atoms with Crippen LogP contribution in [0, 0.1) is 0 Å². The lowest BCUT2D eigenvalue weighted by Crippen LogP contribution is -2.47. The Hall–Kier alpha value is -2.97. The van der Waals surface area contributed by atoms with Crippen LogP contribution in [0.1, 0.15) is 10.4 Å². The summed E-state index contributed by atoms with van der Waals surface area (Å²) in [4.78, 5) is 31.2. The maximum atomic E-state index is 12.8. The van der Waals surface area contributed by atoms with E-state index in [-0.39, 0.29) is 5.91 Å². The highest BCUT2D eigenvalue weighted by molar-refractivity contribution is 5.95. The number of likely N-dealkylation sites (N-methyl/N-ethyl adjacent to an activating group) is 2. The minimum Gasteiger partial charge on any atom is -0.368 e. The molecule has 0 aliphatic carbocycles. The largest absolute Gasteiger partial charge is 0.368 e. The van der Waals surface area contributed by atoms with Crippen LogP contribution in [0.4, 0.5) is 5.82 Å². The molecule has 1 amide bonds. The Morgan fingerprint density at radius 3 is 2.57 bits per heavy atom. The number of anilines is 1. The second-order valence-corrected chi connectivity index (χ2v) is 8.07. The Bertz CT molecular complexity index is 1000. The molecule has 0 unspecified atom stereocenters. The van der Waals surface area contributed by atoms with E-state index < -0.39 is 0 Å². The summed E-state index contributed by atoms with van der Waals surface area (Å²) in [5, 5.41) is 4.34. The number of aromatic amines is 1. The Labute approximate surface area is 176 Å². The minimum atomic E-state index is 0.101. The van der Waals surface area contributed by atoms with Gasteiger partial charge in [-0.2, -0.15) is 0 Å². The summed E-state index contributed by atoms with van der Waals surface area (Å²) < 4.78 is 0. The molecular formula is C22H29N7O. The third-order valence-corrected chi connectivity index (χ3v) is 5.51. The summed E-state index contributed by atoms with van der Waals surface area (Å²) >= 11 is 0. The smallest absolute Gasteiger partial charge is 0.253 e. The van der Waals surface area contributed by atoms with Crippen molar-refractivity contribution < 1.29 is 4.79 Å². The number of hydrogen-bond donors (Lipinski definition) is 2. The molecule has 8 nitrogen and oxygen atoms in total. The third kappa shape index (κ3) is 4.44. The molecule has 4 rings (SSSR count). The first kappa shape index (κ1) is 20.3. The standard InChI is InChI=1S/C22H29N7O/c1-27(2)9-8-23-20-18-14-19(26-21(18)25-15-24-20)16-4-6-17(7-5-16)22(30)29-12-10-28(3)11-13-29/h4-7,14-15H,8-13H2,1-3H3,(H2,23,24,25,26). The highest BCUT2D eigenvalue weighted by Gasteiger charge is 2.20. The van der Waals surface area contributed by atoms with Gasteiger partial charge < -0.3 is 25.0 Å². The Kier molecular flexibility index (Phi) is 5.96. The van der Waals surface area contributed by atoms with E-state index in [0.717, 1.165) is 72.9 Å². The maximum absolute atomic E-state index is 12.8. The lowest BCUT2D eigenvalue weighted by Gasteiger charge is -2.32. The van der Waals surface area contributed by atoms with Gasteiger partial charge in [0.25, 0.3) is 5.91 Å². The minimum absolute atomic E-state index is 0.101. The summed E-state index contributed by atoms with van der Waals surface area (Å²) in [7, 11) is 6.18. The van der Waals surface area contributed by atoms with Crippen molar-refractivity contribution in [2.24, 2.45) is 0 Å². The molecule has 8 heteroatoms. The fourth-order valence-electron chi connectivity index (χ4n) is 3.62. The van der Waals surface area contributed by atoms with E-state index in [0.29, 0.717) is 0 Å². The van der Waals surface area contributed by atoms with Crippen molar-refractivity contribution >= 4 is 22.8 Å². The van der Waals surface area contributed by atoms with Crippen LogP contribution in [0.25, 0.3) is 22.3 Å². The predicted molar refractivity (Wildman–Crippen MR) is 120 cm³/mol. The van der Waals surface area contributed by atoms with Crippen molar-refractivity contribution in [1.29, 1.82) is 0 Å². The number of fused-ring (bicyclic) bond motifs is 1. The van der Waals surface area contributed by atoms with E-state index >= 15 is 0 Å². The first-order valence-corrected chi connectivity index (χ1v) is 10.3. The van der Waals surface area contributed by atoms with Crippen molar-refractivity contribution in [2.75, 3.05) is 65.7 Å². The average Bonchev–Trinajstić information content (AvgIpc) is 3.19. The number of aromatic nitrogens is 3. The number of benzene rings is 1. The lowest BCUT2D eigenvalue weighted by atomic mass is 10.1. The van der Waals surface area contributed by atoms with Crippen LogP contribution in [0.15, 0.2) is 36.7 Å². The molecule has 2 aromatic heterocycles. The van der Waals surface area contributed by atoms with Crippen molar-refractivity contribution in [3.63, 3.8) is 0 Å². The second kappa shape index (κ2) is 8.81. The molecule has 0 atom stereocenters. The monoisotopic (exact) mass is 407 g/mol. The number of nitrogens with zero attached hydrogens (tertiary/aromatic N) is 5. The molecule has 158 valence electrons. The Morgan fingerprint density at radius 2 is 1.87 bits per heavy atom. The van der Waals surface area contributed by atoms with Crippen LogP contribution in [-0.4, -0.2) is 96.0 Å². The quantitative estimate of drug-likeness (QED) is 0.651. The van der Waals surface area contributed by atoms with E-state index in [1.807, 2.05) is 43.3 Å². The lowest BCUT2D eigenvalue weighted by molar-refractivity contribution is 0.0664. The fraction of sp³-hybridized carbons (Fsp3) is 0.409. The molecule has 1 aliphatic rings. The predicted octanol–water partition coefficient (Wildman–Crippen LogP) is 1.99. The van der Waals surface area contributed by atoms with Crippen LogP contribution >= 0.6 is 0 Å². The molecule has 0 bridgehead atoms. The second-order valence-electron chi connectivity index (χ2n) is 8.07. The highest BCUT2D eigenvalue weighted by atomic mass is 16.2. The molecule has 0 saturated carbocycles. The van der Waals surface area contributed by atoms with Gasteiger partial charge in [0.2, 0.25) is 0 Å². The number of hydrogen-bond acceptors (Lipinski definition) is 6. The van der Waals surface area contributed by atoms with Gasteiger partial charge in [0.15, 0.2) is 0 Å². The third-order valence-electron chi connectivity index (χ3n) is 5.51. The topological polar surface area (TPSA) is 80.4 Å². The van der Waals surface area contributed by atoms with Crippen LogP contribution in [0.5, 0.6) is 0 Å².